The minimum atomic E-state index is -0.378. The third-order valence-corrected chi connectivity index (χ3v) is 4.53. The number of carbonyl (C=O) groups excluding carboxylic acids is 1. The van der Waals surface area contributed by atoms with Gasteiger partial charge < -0.3 is 10.0 Å². The lowest BCUT2D eigenvalue weighted by atomic mass is 10.1. The van der Waals surface area contributed by atoms with E-state index in [1.165, 1.54) is 0 Å². The summed E-state index contributed by atoms with van der Waals surface area (Å²) in [7, 11) is 0. The molecule has 0 radical (unpaired) electrons. The lowest BCUT2D eigenvalue weighted by Crippen LogP contribution is -2.39. The van der Waals surface area contributed by atoms with Crippen LogP contribution in [0.4, 0.5) is 0 Å². The molecular weight excluding hydrogens is 302 g/mol. The Kier molecular flexibility index (Phi) is 4.81. The molecule has 2 aromatic carbocycles. The van der Waals surface area contributed by atoms with Crippen LogP contribution in [0.25, 0.3) is 10.8 Å². The summed E-state index contributed by atoms with van der Waals surface area (Å²) in [6, 6.07) is 11.5. The van der Waals surface area contributed by atoms with Gasteiger partial charge >= 0.3 is 0 Å². The van der Waals surface area contributed by atoms with Gasteiger partial charge in [0.15, 0.2) is 0 Å². The number of likely N-dealkylation sites (tertiary alicyclic amines) is 1. The molecule has 1 aliphatic heterocycles. The monoisotopic (exact) mass is 325 g/mol. The Bertz CT molecular complexity index is 773. The fourth-order valence-corrected chi connectivity index (χ4v) is 3.01. The number of nitrogens with zero attached hydrogens (tertiary/aromatic N) is 2. The van der Waals surface area contributed by atoms with E-state index in [1.807, 2.05) is 24.3 Å². The van der Waals surface area contributed by atoms with Gasteiger partial charge in [-0.15, -0.1) is 0 Å². The molecule has 24 heavy (non-hydrogen) atoms. The predicted molar refractivity (Wildman–Crippen MR) is 96.5 cm³/mol. The maximum Gasteiger partial charge on any atom is 0.275 e. The van der Waals surface area contributed by atoms with Crippen molar-refractivity contribution < 1.29 is 9.90 Å². The summed E-state index contributed by atoms with van der Waals surface area (Å²) in [4.78, 5) is 14.7. The number of phenolic OH excluding ortho intramolecular Hbond substituents is 1. The Morgan fingerprint density at radius 1 is 1.17 bits per heavy atom. The molecule has 2 aromatic rings. The zero-order valence-electron chi connectivity index (χ0n) is 14.1. The van der Waals surface area contributed by atoms with Crippen molar-refractivity contribution >= 4 is 22.4 Å². The first-order valence-electron chi connectivity index (χ1n) is 8.36. The Balaban J connectivity index is 1.69. The largest absolute Gasteiger partial charge is 0.507 e. The highest BCUT2D eigenvalue weighted by atomic mass is 16.3. The van der Waals surface area contributed by atoms with Gasteiger partial charge in [0.05, 0.1) is 5.56 Å². The fourth-order valence-electron chi connectivity index (χ4n) is 3.01. The molecule has 0 saturated carbocycles. The first-order chi connectivity index (χ1) is 11.5. The van der Waals surface area contributed by atoms with Gasteiger partial charge in [-0.05, 0) is 36.8 Å². The summed E-state index contributed by atoms with van der Waals surface area (Å²) in [5.74, 6) is -0.405. The third kappa shape index (κ3) is 3.57. The number of hydrogen-bond acceptors (Lipinski definition) is 4. The van der Waals surface area contributed by atoms with Crippen molar-refractivity contribution in [2.24, 2.45) is 5.10 Å². The number of benzene rings is 2. The molecule has 3 rings (SSSR count). The minimum absolute atomic E-state index is 0.0268. The van der Waals surface area contributed by atoms with E-state index in [2.05, 4.69) is 29.3 Å². The average molecular weight is 325 g/mol. The second-order valence-electron chi connectivity index (χ2n) is 6.47. The summed E-state index contributed by atoms with van der Waals surface area (Å²) >= 11 is 0. The average Bonchev–Trinajstić information content (AvgIpc) is 2.59. The molecule has 1 aliphatic rings. The molecule has 1 amide bonds. The molecule has 1 saturated heterocycles. The van der Waals surface area contributed by atoms with E-state index in [4.69, 9.17) is 0 Å². The number of carbonyl (C=O) groups is 1. The molecule has 5 heteroatoms. The zero-order chi connectivity index (χ0) is 17.1. The topological polar surface area (TPSA) is 64.9 Å². The number of hydrogen-bond donors (Lipinski definition) is 2. The van der Waals surface area contributed by atoms with Crippen LogP contribution < -0.4 is 5.43 Å². The molecule has 1 fully saturated rings. The Hall–Kier alpha value is -2.40. The van der Waals surface area contributed by atoms with Gasteiger partial charge in [-0.3, -0.25) is 4.79 Å². The van der Waals surface area contributed by atoms with Gasteiger partial charge in [0.2, 0.25) is 0 Å². The first kappa shape index (κ1) is 16.5. The molecule has 0 aromatic heterocycles. The van der Waals surface area contributed by atoms with Crippen molar-refractivity contribution in [3.8, 4) is 5.75 Å². The molecule has 0 atom stereocenters. The van der Waals surface area contributed by atoms with E-state index >= 15 is 0 Å². The Morgan fingerprint density at radius 3 is 2.42 bits per heavy atom. The van der Waals surface area contributed by atoms with Gasteiger partial charge in [0, 0.05) is 37.7 Å². The Morgan fingerprint density at radius 2 is 1.79 bits per heavy atom. The van der Waals surface area contributed by atoms with Gasteiger partial charge in [0.25, 0.3) is 5.91 Å². The normalized spacial score (nSPS) is 15.7. The number of fused-ring (bicyclic) bond motifs is 1. The van der Waals surface area contributed by atoms with Crippen LogP contribution in [0.15, 0.2) is 41.5 Å². The van der Waals surface area contributed by atoms with Gasteiger partial charge in [-0.1, -0.05) is 24.3 Å². The van der Waals surface area contributed by atoms with Crippen molar-refractivity contribution in [1.82, 2.24) is 10.3 Å². The summed E-state index contributed by atoms with van der Waals surface area (Å²) in [6.45, 7) is 6.31. The highest BCUT2D eigenvalue weighted by molar-refractivity contribution is 6.02. The van der Waals surface area contributed by atoms with Crippen LogP contribution in [0.5, 0.6) is 5.75 Å². The third-order valence-electron chi connectivity index (χ3n) is 4.53. The predicted octanol–water partition coefficient (Wildman–Crippen LogP) is 3.14. The summed E-state index contributed by atoms with van der Waals surface area (Å²) in [6.07, 6.45) is 1.73. The van der Waals surface area contributed by atoms with Crippen LogP contribution in [0.3, 0.4) is 0 Å². The number of rotatable bonds is 3. The van der Waals surface area contributed by atoms with Gasteiger partial charge in [0.1, 0.15) is 5.75 Å². The number of aromatic hydroxyl groups is 1. The lowest BCUT2D eigenvalue weighted by molar-refractivity contribution is 0.0951. The van der Waals surface area contributed by atoms with Crippen LogP contribution in [-0.2, 0) is 0 Å². The Labute approximate surface area is 142 Å². The maximum atomic E-state index is 12.3. The quantitative estimate of drug-likeness (QED) is 0.852. The minimum Gasteiger partial charge on any atom is -0.507 e. The van der Waals surface area contributed by atoms with Crippen molar-refractivity contribution in [3.63, 3.8) is 0 Å². The number of piperidine rings is 1. The van der Waals surface area contributed by atoms with Crippen molar-refractivity contribution in [2.45, 2.75) is 32.7 Å². The summed E-state index contributed by atoms with van der Waals surface area (Å²) in [5, 5.41) is 16.2. The molecule has 0 unspecified atom stereocenters. The molecule has 126 valence electrons. The standard InChI is InChI=1S/C19H23N3O2/c1-13(2)22-9-7-16(8-10-22)20-21-19(24)17-11-14-5-3-4-6-15(14)12-18(17)23/h3-6,11-13,23H,7-10H2,1-2H3,(H,21,24). The molecule has 0 aliphatic carbocycles. The van der Waals surface area contributed by atoms with Crippen molar-refractivity contribution in [2.75, 3.05) is 13.1 Å². The second kappa shape index (κ2) is 7.01. The van der Waals surface area contributed by atoms with Crippen LogP contribution in [-0.4, -0.2) is 40.8 Å². The second-order valence-corrected chi connectivity index (χ2v) is 6.47. The summed E-state index contributed by atoms with van der Waals surface area (Å²) < 4.78 is 0. The molecule has 0 spiro atoms. The van der Waals surface area contributed by atoms with E-state index in [0.717, 1.165) is 42.4 Å². The number of hydrazone groups is 1. The lowest BCUT2D eigenvalue weighted by Gasteiger charge is -2.30. The van der Waals surface area contributed by atoms with Gasteiger partial charge in [-0.2, -0.15) is 5.10 Å². The first-order valence-corrected chi connectivity index (χ1v) is 8.36. The van der Waals surface area contributed by atoms with E-state index in [0.29, 0.717) is 6.04 Å². The molecule has 0 bridgehead atoms. The van der Waals surface area contributed by atoms with Crippen LogP contribution in [0, 0.1) is 0 Å². The SMILES string of the molecule is CC(C)N1CCC(=NNC(=O)c2cc3ccccc3cc2O)CC1. The van der Waals surface area contributed by atoms with Crippen LogP contribution in [0.1, 0.15) is 37.0 Å². The smallest absolute Gasteiger partial charge is 0.275 e. The van der Waals surface area contributed by atoms with Crippen molar-refractivity contribution in [1.29, 1.82) is 0 Å². The summed E-state index contributed by atoms with van der Waals surface area (Å²) in [5.41, 5.74) is 3.84. The molecule has 1 heterocycles. The maximum absolute atomic E-state index is 12.3. The highest BCUT2D eigenvalue weighted by Crippen LogP contribution is 2.24. The van der Waals surface area contributed by atoms with Crippen LogP contribution in [0.2, 0.25) is 0 Å². The number of amides is 1. The van der Waals surface area contributed by atoms with Gasteiger partial charge in [-0.25, -0.2) is 5.43 Å². The number of nitrogens with one attached hydrogen (secondary N) is 1. The van der Waals surface area contributed by atoms with E-state index in [9.17, 15) is 9.90 Å². The number of phenols is 1. The fraction of sp³-hybridized carbons (Fsp3) is 0.368. The highest BCUT2D eigenvalue weighted by Gasteiger charge is 2.18. The van der Waals surface area contributed by atoms with E-state index in [1.54, 1.807) is 12.1 Å². The van der Waals surface area contributed by atoms with Crippen molar-refractivity contribution in [3.05, 3.63) is 42.0 Å². The van der Waals surface area contributed by atoms with E-state index in [-0.39, 0.29) is 17.2 Å². The molecule has 5 nitrogen and oxygen atoms in total. The van der Waals surface area contributed by atoms with Crippen LogP contribution >= 0.6 is 0 Å². The molecular formula is C19H23N3O2. The molecule has 2 N–H and O–H groups in total. The zero-order valence-corrected chi connectivity index (χ0v) is 14.1. The van der Waals surface area contributed by atoms with E-state index < -0.39 is 0 Å².